The van der Waals surface area contributed by atoms with Crippen LogP contribution in [0.1, 0.15) is 12.0 Å². The Morgan fingerprint density at radius 3 is 2.61 bits per heavy atom. The van der Waals surface area contributed by atoms with Crippen LogP contribution in [0.2, 0.25) is 0 Å². The topological polar surface area (TPSA) is 66.4 Å². The molecule has 1 aromatic carbocycles. The van der Waals surface area contributed by atoms with Gasteiger partial charge < -0.3 is 5.11 Å². The van der Waals surface area contributed by atoms with Gasteiger partial charge in [0.1, 0.15) is 0 Å². The highest BCUT2D eigenvalue weighted by atomic mass is 32.2. The second kappa shape index (κ2) is 7.31. The Bertz CT molecular complexity index is 456. The summed E-state index contributed by atoms with van der Waals surface area (Å²) in [7, 11) is -3.31. The standard InChI is InChI=1S/C13H19NO3S/c1-2-3-9-18(16,17)14-11-13(15)10-12-7-5-4-6-8-12/h2,4-8,13-15H,1,3,9-11H2. The molecule has 0 aliphatic carbocycles. The van der Waals surface area contributed by atoms with E-state index in [-0.39, 0.29) is 12.3 Å². The number of nitrogens with one attached hydrogen (secondary N) is 1. The van der Waals surface area contributed by atoms with Crippen LogP contribution in [0.5, 0.6) is 0 Å². The fourth-order valence-electron chi connectivity index (χ4n) is 1.49. The van der Waals surface area contributed by atoms with Gasteiger partial charge in [0.25, 0.3) is 0 Å². The van der Waals surface area contributed by atoms with Gasteiger partial charge in [-0.15, -0.1) is 6.58 Å². The first-order valence-electron chi connectivity index (χ1n) is 5.84. The third kappa shape index (κ3) is 5.95. The molecule has 1 aromatic rings. The van der Waals surface area contributed by atoms with Crippen molar-refractivity contribution in [2.45, 2.75) is 18.9 Å². The molecule has 0 spiro atoms. The van der Waals surface area contributed by atoms with Crippen molar-refractivity contribution in [1.29, 1.82) is 0 Å². The number of rotatable bonds is 8. The van der Waals surface area contributed by atoms with Crippen LogP contribution >= 0.6 is 0 Å². The first-order chi connectivity index (χ1) is 8.53. The highest BCUT2D eigenvalue weighted by Crippen LogP contribution is 2.02. The van der Waals surface area contributed by atoms with E-state index in [2.05, 4.69) is 11.3 Å². The third-order valence-electron chi connectivity index (χ3n) is 2.44. The second-order valence-corrected chi connectivity index (χ2v) is 6.01. The van der Waals surface area contributed by atoms with Gasteiger partial charge >= 0.3 is 0 Å². The van der Waals surface area contributed by atoms with Crippen molar-refractivity contribution in [3.63, 3.8) is 0 Å². The number of allylic oxidation sites excluding steroid dienone is 1. The molecule has 0 saturated carbocycles. The Labute approximate surface area is 108 Å². The summed E-state index contributed by atoms with van der Waals surface area (Å²) in [5.74, 6) is 0.00849. The van der Waals surface area contributed by atoms with Crippen LogP contribution in [0, 0.1) is 0 Å². The predicted molar refractivity (Wildman–Crippen MR) is 72.8 cm³/mol. The molecule has 0 aliphatic heterocycles. The maximum atomic E-state index is 11.5. The van der Waals surface area contributed by atoms with E-state index < -0.39 is 16.1 Å². The fraction of sp³-hybridized carbons (Fsp3) is 0.385. The predicted octanol–water partition coefficient (Wildman–Crippen LogP) is 1.09. The van der Waals surface area contributed by atoms with Gasteiger partial charge in [-0.3, -0.25) is 0 Å². The van der Waals surface area contributed by atoms with Crippen LogP contribution in [-0.4, -0.2) is 31.9 Å². The van der Waals surface area contributed by atoms with Crippen LogP contribution < -0.4 is 4.72 Å². The maximum absolute atomic E-state index is 11.5. The lowest BCUT2D eigenvalue weighted by molar-refractivity contribution is 0.179. The zero-order valence-electron chi connectivity index (χ0n) is 10.2. The Kier molecular flexibility index (Phi) is 6.04. The zero-order valence-corrected chi connectivity index (χ0v) is 11.1. The van der Waals surface area contributed by atoms with Gasteiger partial charge in [-0.1, -0.05) is 36.4 Å². The molecule has 1 unspecified atom stereocenters. The lowest BCUT2D eigenvalue weighted by Gasteiger charge is -2.12. The van der Waals surface area contributed by atoms with Gasteiger partial charge in [-0.2, -0.15) is 0 Å². The van der Waals surface area contributed by atoms with Gasteiger partial charge in [-0.05, 0) is 18.4 Å². The fourth-order valence-corrected chi connectivity index (χ4v) is 2.56. The summed E-state index contributed by atoms with van der Waals surface area (Å²) in [6.45, 7) is 3.51. The molecule has 18 heavy (non-hydrogen) atoms. The molecule has 0 fully saturated rings. The molecule has 100 valence electrons. The minimum atomic E-state index is -3.31. The molecule has 0 saturated heterocycles. The van der Waals surface area contributed by atoms with Crippen molar-refractivity contribution in [2.75, 3.05) is 12.3 Å². The van der Waals surface area contributed by atoms with Crippen LogP contribution in [0.25, 0.3) is 0 Å². The van der Waals surface area contributed by atoms with E-state index >= 15 is 0 Å². The Balaban J connectivity index is 2.37. The average Bonchev–Trinajstić information content (AvgIpc) is 2.36. The van der Waals surface area contributed by atoms with E-state index in [0.29, 0.717) is 12.8 Å². The van der Waals surface area contributed by atoms with Crippen LogP contribution in [0.3, 0.4) is 0 Å². The molecule has 0 heterocycles. The number of aliphatic hydroxyl groups excluding tert-OH is 1. The molecular formula is C13H19NO3S. The molecule has 0 aromatic heterocycles. The molecule has 5 heteroatoms. The quantitative estimate of drug-likeness (QED) is 0.694. The Hall–Kier alpha value is -1.17. The monoisotopic (exact) mass is 269 g/mol. The zero-order chi connectivity index (χ0) is 13.4. The van der Waals surface area contributed by atoms with E-state index in [9.17, 15) is 13.5 Å². The lowest BCUT2D eigenvalue weighted by atomic mass is 10.1. The number of benzene rings is 1. The summed E-state index contributed by atoms with van der Waals surface area (Å²) in [5.41, 5.74) is 0.982. The third-order valence-corrected chi connectivity index (χ3v) is 3.82. The number of sulfonamides is 1. The van der Waals surface area contributed by atoms with Crippen LogP contribution in [-0.2, 0) is 16.4 Å². The number of hydrogen-bond acceptors (Lipinski definition) is 3. The summed E-state index contributed by atoms with van der Waals surface area (Å²) < 4.78 is 25.3. The average molecular weight is 269 g/mol. The van der Waals surface area contributed by atoms with E-state index in [0.717, 1.165) is 5.56 Å². The minimum absolute atomic E-state index is 0.00849. The largest absolute Gasteiger partial charge is 0.391 e. The SMILES string of the molecule is C=CCCS(=O)(=O)NCC(O)Cc1ccccc1. The van der Waals surface area contributed by atoms with Crippen molar-refractivity contribution in [3.05, 3.63) is 48.6 Å². The van der Waals surface area contributed by atoms with Crippen molar-refractivity contribution in [1.82, 2.24) is 4.72 Å². The van der Waals surface area contributed by atoms with Crippen LogP contribution in [0.15, 0.2) is 43.0 Å². The smallest absolute Gasteiger partial charge is 0.211 e. The normalized spacial score (nSPS) is 13.2. The number of aliphatic hydroxyl groups is 1. The Morgan fingerprint density at radius 1 is 1.33 bits per heavy atom. The summed E-state index contributed by atoms with van der Waals surface area (Å²) >= 11 is 0. The van der Waals surface area contributed by atoms with Gasteiger partial charge in [-0.25, -0.2) is 13.1 Å². The van der Waals surface area contributed by atoms with Gasteiger partial charge in [0.2, 0.25) is 10.0 Å². The molecular weight excluding hydrogens is 250 g/mol. The lowest BCUT2D eigenvalue weighted by Crippen LogP contribution is -2.34. The van der Waals surface area contributed by atoms with E-state index in [1.807, 2.05) is 30.3 Å². The minimum Gasteiger partial charge on any atom is -0.391 e. The van der Waals surface area contributed by atoms with Crippen molar-refractivity contribution in [3.8, 4) is 0 Å². The molecule has 1 rings (SSSR count). The molecule has 4 nitrogen and oxygen atoms in total. The van der Waals surface area contributed by atoms with E-state index in [4.69, 9.17) is 0 Å². The summed E-state index contributed by atoms with van der Waals surface area (Å²) in [6.07, 6.45) is 1.68. The van der Waals surface area contributed by atoms with Crippen molar-refractivity contribution in [2.24, 2.45) is 0 Å². The summed E-state index contributed by atoms with van der Waals surface area (Å²) in [5, 5.41) is 9.74. The highest BCUT2D eigenvalue weighted by molar-refractivity contribution is 7.89. The van der Waals surface area contributed by atoms with E-state index in [1.54, 1.807) is 6.08 Å². The summed E-state index contributed by atoms with van der Waals surface area (Å²) in [4.78, 5) is 0. The summed E-state index contributed by atoms with van der Waals surface area (Å²) in [6, 6.07) is 9.46. The molecule has 0 aliphatic rings. The van der Waals surface area contributed by atoms with Crippen LogP contribution in [0.4, 0.5) is 0 Å². The Morgan fingerprint density at radius 2 is 2.00 bits per heavy atom. The molecule has 0 amide bonds. The first kappa shape index (κ1) is 14.9. The van der Waals surface area contributed by atoms with Crippen molar-refractivity contribution >= 4 is 10.0 Å². The highest BCUT2D eigenvalue weighted by Gasteiger charge is 2.12. The van der Waals surface area contributed by atoms with Gasteiger partial charge in [0, 0.05) is 6.54 Å². The van der Waals surface area contributed by atoms with Gasteiger partial charge in [0.05, 0.1) is 11.9 Å². The van der Waals surface area contributed by atoms with E-state index in [1.165, 1.54) is 0 Å². The molecule has 2 N–H and O–H groups in total. The van der Waals surface area contributed by atoms with Crippen molar-refractivity contribution < 1.29 is 13.5 Å². The second-order valence-electron chi connectivity index (χ2n) is 4.09. The van der Waals surface area contributed by atoms with Gasteiger partial charge in [0.15, 0.2) is 0 Å². The first-order valence-corrected chi connectivity index (χ1v) is 7.49. The maximum Gasteiger partial charge on any atom is 0.211 e. The molecule has 0 radical (unpaired) electrons. The molecule has 0 bridgehead atoms. The number of hydrogen-bond donors (Lipinski definition) is 2. The molecule has 1 atom stereocenters.